The molecule has 0 spiro atoms. The van der Waals surface area contributed by atoms with E-state index in [-0.39, 0.29) is 15.6 Å². The molecule has 0 aliphatic carbocycles. The van der Waals surface area contributed by atoms with Crippen molar-refractivity contribution in [3.63, 3.8) is 0 Å². The molecule has 0 amide bonds. The van der Waals surface area contributed by atoms with Crippen molar-refractivity contribution in [1.82, 2.24) is 0 Å². The van der Waals surface area contributed by atoms with Gasteiger partial charge in [-0.05, 0) is 28.1 Å². The Hall–Kier alpha value is 0.590. The number of hydrogen-bond donors (Lipinski definition) is 0. The highest BCUT2D eigenvalue weighted by atomic mass is 79.9. The van der Waals surface area contributed by atoms with Crippen LogP contribution in [0.2, 0.25) is 0 Å². The molecule has 0 bridgehead atoms. The van der Waals surface area contributed by atoms with Crippen molar-refractivity contribution < 1.29 is 4.39 Å². The van der Waals surface area contributed by atoms with Gasteiger partial charge in [0.2, 0.25) is 0 Å². The van der Waals surface area contributed by atoms with Crippen LogP contribution in [0.4, 0.5) is 4.39 Å². The van der Waals surface area contributed by atoms with E-state index in [2.05, 4.69) is 38.3 Å². The zero-order chi connectivity index (χ0) is 16.1. The molecule has 112 valence electrons. The van der Waals surface area contributed by atoms with Crippen LogP contribution in [-0.2, 0) is 84.5 Å². The van der Waals surface area contributed by atoms with E-state index in [1.165, 1.54) is 23.8 Å². The van der Waals surface area contributed by atoms with Crippen LogP contribution in [0.1, 0.15) is 11.1 Å². The topological polar surface area (TPSA) is 47.6 Å². The van der Waals surface area contributed by atoms with Gasteiger partial charge in [-0.2, -0.15) is 10.5 Å². The smallest absolute Gasteiger partial charge is 0.142 e. The van der Waals surface area contributed by atoms with E-state index in [0.29, 0.717) is 0 Å². The molecule has 0 fully saturated rings. The summed E-state index contributed by atoms with van der Waals surface area (Å²) in [5.41, 5.74) is 0.127. The number of benzene rings is 1. The Kier molecular flexibility index (Phi) is 14.6. The molecule has 0 atom stereocenters. The highest BCUT2D eigenvalue weighted by Crippen LogP contribution is 2.22. The average molecular weight is 514 g/mol. The summed E-state index contributed by atoms with van der Waals surface area (Å²) in [6.45, 7) is 0. The van der Waals surface area contributed by atoms with Gasteiger partial charge >= 0.3 is 0 Å². The molecule has 21 heavy (non-hydrogen) atoms. The Balaban J connectivity index is 0.000000400. The number of nitriles is 2. The normalized spacial score (nSPS) is 7.81. The Bertz CT molecular complexity index is 857. The summed E-state index contributed by atoms with van der Waals surface area (Å²) in [6, 6.07) is 5.92. The molecular weight excluding hydrogens is 512 g/mol. The van der Waals surface area contributed by atoms with Crippen LogP contribution in [0.15, 0.2) is 16.6 Å². The number of hydrogen-bond acceptors (Lipinski definition) is 4. The standard InChI is InChI=1S/C8H2BrFN2.S9/c9-8-5(3-11)1-2-7(10)6(8)4-12;1-3-5-7-9-8-6-4-2/h1-2H;. The predicted octanol–water partition coefficient (Wildman–Crippen LogP) is 2.31. The van der Waals surface area contributed by atoms with E-state index < -0.39 is 5.82 Å². The zero-order valence-corrected chi connectivity index (χ0v) is 18.4. The van der Waals surface area contributed by atoms with Crippen LogP contribution < -0.4 is 0 Å². The van der Waals surface area contributed by atoms with E-state index in [0.717, 1.165) is 6.07 Å². The Morgan fingerprint density at radius 3 is 1.90 bits per heavy atom. The summed E-state index contributed by atoms with van der Waals surface area (Å²) in [6.07, 6.45) is 0. The van der Waals surface area contributed by atoms with Gasteiger partial charge in [-0.1, -0.05) is 0 Å². The fraction of sp³-hybridized carbons (Fsp3) is 0. The van der Waals surface area contributed by atoms with E-state index in [9.17, 15) is 4.39 Å². The molecule has 0 unspecified atom stereocenters. The van der Waals surface area contributed by atoms with Crippen LogP contribution >= 0.6 is 15.9 Å². The van der Waals surface area contributed by atoms with Gasteiger partial charge in [0.1, 0.15) is 23.5 Å². The maximum Gasteiger partial charge on any atom is 0.142 e. The second-order valence-electron chi connectivity index (χ2n) is 2.48. The molecule has 1 aromatic rings. The summed E-state index contributed by atoms with van der Waals surface area (Å²) >= 11 is 12.2. The number of nitrogens with zero attached hydrogens (tertiary/aromatic N) is 2. The minimum Gasteiger partial charge on any atom is -0.206 e. The fourth-order valence-corrected chi connectivity index (χ4v) is 15.0. The molecule has 0 aliphatic rings. The Morgan fingerprint density at radius 2 is 1.48 bits per heavy atom. The van der Waals surface area contributed by atoms with E-state index >= 15 is 0 Å². The summed E-state index contributed by atoms with van der Waals surface area (Å²) in [5, 5.41) is 17.0. The molecule has 0 saturated heterocycles. The second-order valence-corrected chi connectivity index (χ2v) is 15.7. The molecule has 0 aliphatic heterocycles. The lowest BCUT2D eigenvalue weighted by atomic mass is 10.1. The van der Waals surface area contributed by atoms with Crippen molar-refractivity contribution in [2.45, 2.75) is 0 Å². The van der Waals surface area contributed by atoms with E-state index in [1.807, 2.05) is 6.07 Å². The van der Waals surface area contributed by atoms with Crippen molar-refractivity contribution in [1.29, 1.82) is 10.5 Å². The van der Waals surface area contributed by atoms with Gasteiger partial charge in [-0.15, -0.1) is 0 Å². The largest absolute Gasteiger partial charge is 0.206 e. The first-order valence-corrected chi connectivity index (χ1v) is 15.8. The molecule has 2 nitrogen and oxygen atoms in total. The molecule has 1 rings (SSSR count). The van der Waals surface area contributed by atoms with Crippen molar-refractivity contribution in [2.75, 3.05) is 0 Å². The first-order chi connectivity index (χ1) is 10.1. The van der Waals surface area contributed by atoms with Gasteiger partial charge in [0.05, 0.1) is 10.0 Å². The summed E-state index contributed by atoms with van der Waals surface area (Å²) < 4.78 is 13.0. The second kappa shape index (κ2) is 14.2. The minimum atomic E-state index is -0.622. The third kappa shape index (κ3) is 9.35. The lowest BCUT2D eigenvalue weighted by Gasteiger charge is -1.97. The van der Waals surface area contributed by atoms with Crippen molar-refractivity contribution in [3.05, 3.63) is 33.5 Å². The van der Waals surface area contributed by atoms with Crippen LogP contribution in [0.5, 0.6) is 0 Å². The number of rotatable bonds is 0. The summed E-state index contributed by atoms with van der Waals surface area (Å²) in [5.74, 6) is -0.622. The maximum atomic E-state index is 12.8. The zero-order valence-electron chi connectivity index (χ0n) is 9.48. The van der Waals surface area contributed by atoms with Crippen molar-refractivity contribution in [3.8, 4) is 12.1 Å². The number of halogens is 2. The van der Waals surface area contributed by atoms with Gasteiger partial charge in [0.15, 0.2) is 0 Å². The minimum absolute atomic E-state index is 0.131. The van der Waals surface area contributed by atoms with Crippen LogP contribution in [0, 0.1) is 28.5 Å². The summed E-state index contributed by atoms with van der Waals surface area (Å²) in [7, 11) is 10.9. The molecular formula is C8H2BrFN2S9. The lowest BCUT2D eigenvalue weighted by Crippen LogP contribution is -1.88. The Labute approximate surface area is 159 Å². The molecule has 1 aromatic carbocycles. The molecule has 0 aromatic heterocycles. The van der Waals surface area contributed by atoms with Crippen LogP contribution in [0.3, 0.4) is 0 Å². The summed E-state index contributed by atoms with van der Waals surface area (Å²) in [4.78, 5) is 0. The average Bonchev–Trinajstić information content (AvgIpc) is 2.49. The highest BCUT2D eigenvalue weighted by Gasteiger charge is 2.09. The van der Waals surface area contributed by atoms with E-state index in [1.54, 1.807) is 50.5 Å². The SMILES string of the molecule is N#Cc1ccc(F)c(C#N)c1Br.S=S=S=S=S=S=S=S=S. The van der Waals surface area contributed by atoms with Gasteiger partial charge < -0.3 is 0 Å². The first kappa shape index (κ1) is 21.6. The van der Waals surface area contributed by atoms with Gasteiger partial charge in [0.25, 0.3) is 0 Å². The van der Waals surface area contributed by atoms with Gasteiger partial charge in [0, 0.05) is 84.5 Å². The maximum absolute atomic E-state index is 12.8. The highest BCUT2D eigenvalue weighted by molar-refractivity contribution is 9.10. The third-order valence-electron chi connectivity index (χ3n) is 1.49. The van der Waals surface area contributed by atoms with Crippen molar-refractivity contribution in [2.24, 2.45) is 0 Å². The van der Waals surface area contributed by atoms with Gasteiger partial charge in [-0.3, -0.25) is 0 Å². The molecule has 13 heteroatoms. The van der Waals surface area contributed by atoms with Gasteiger partial charge in [-0.25, -0.2) is 4.39 Å². The van der Waals surface area contributed by atoms with Crippen molar-refractivity contribution >= 4 is 100 Å². The third-order valence-corrected chi connectivity index (χ3v) is 15.6. The van der Waals surface area contributed by atoms with Crippen LogP contribution in [0.25, 0.3) is 0 Å². The van der Waals surface area contributed by atoms with Crippen LogP contribution in [-0.4, -0.2) is 0 Å². The molecule has 0 N–H and O–H groups in total. The monoisotopic (exact) mass is 512 g/mol. The quantitative estimate of drug-likeness (QED) is 0.534. The lowest BCUT2D eigenvalue weighted by molar-refractivity contribution is 0.622. The molecule has 0 heterocycles. The molecule has 0 saturated carbocycles. The Morgan fingerprint density at radius 1 is 0.952 bits per heavy atom. The van der Waals surface area contributed by atoms with E-state index in [4.69, 9.17) is 10.5 Å². The molecule has 0 radical (unpaired) electrons. The fourth-order valence-electron chi connectivity index (χ4n) is 0.798. The predicted molar refractivity (Wildman–Crippen MR) is 110 cm³/mol. The first-order valence-electron chi connectivity index (χ1n) is 4.32.